The average molecular weight is 576 g/mol. The van der Waals surface area contributed by atoms with Crippen LogP contribution in [0.4, 0.5) is 0 Å². The van der Waals surface area contributed by atoms with E-state index in [-0.39, 0.29) is 33.1 Å². The maximum atomic E-state index is 12.2. The smallest absolute Gasteiger partial charge is 0.282 e. The van der Waals surface area contributed by atoms with Crippen LogP contribution in [0.3, 0.4) is 0 Å². The van der Waals surface area contributed by atoms with Gasteiger partial charge in [-0.25, -0.2) is 4.42 Å². The molecule has 1 aromatic heterocycles. The lowest BCUT2D eigenvalue weighted by Crippen LogP contribution is -2.06. The van der Waals surface area contributed by atoms with E-state index in [2.05, 4.69) is 15.9 Å². The Kier molecular flexibility index (Phi) is 5.60. The van der Waals surface area contributed by atoms with Gasteiger partial charge in [0, 0.05) is 21.7 Å². The molecule has 0 unspecified atom stereocenters. The molecule has 3 N–H and O–H groups in total. The molecule has 0 radical (unpaired) electrons. The van der Waals surface area contributed by atoms with Crippen molar-refractivity contribution in [3.63, 3.8) is 0 Å². The van der Waals surface area contributed by atoms with Crippen molar-refractivity contribution in [1.29, 1.82) is 0 Å². The predicted octanol–water partition coefficient (Wildman–Crippen LogP) is 4.04. The van der Waals surface area contributed by atoms with Crippen molar-refractivity contribution in [2.45, 2.75) is 14.7 Å². The third-order valence-corrected chi connectivity index (χ3v) is 7.84. The van der Waals surface area contributed by atoms with E-state index < -0.39 is 45.0 Å². The van der Waals surface area contributed by atoms with E-state index in [0.29, 0.717) is 10.5 Å². The van der Waals surface area contributed by atoms with Crippen LogP contribution in [0.15, 0.2) is 78.2 Å². The second-order valence-electron chi connectivity index (χ2n) is 6.86. The molecule has 0 aliphatic heterocycles. The number of rotatable bonds is 4. The quantitative estimate of drug-likeness (QED) is 0.183. The van der Waals surface area contributed by atoms with Gasteiger partial charge < -0.3 is 0 Å². The molecule has 4 rings (SSSR count). The Labute approximate surface area is 195 Å². The Morgan fingerprint density at radius 2 is 1.24 bits per heavy atom. The highest BCUT2D eigenvalue weighted by Crippen LogP contribution is 2.41. The van der Waals surface area contributed by atoms with Gasteiger partial charge in [-0.05, 0) is 36.4 Å². The van der Waals surface area contributed by atoms with E-state index in [0.717, 1.165) is 24.3 Å². The van der Waals surface area contributed by atoms with E-state index in [9.17, 15) is 38.9 Å². The van der Waals surface area contributed by atoms with Crippen molar-refractivity contribution in [3.05, 3.63) is 59.1 Å². The van der Waals surface area contributed by atoms with E-state index in [1.807, 2.05) is 0 Å². The Morgan fingerprint density at radius 1 is 0.636 bits per heavy atom. The Bertz CT molecular complexity index is 1800. The van der Waals surface area contributed by atoms with Gasteiger partial charge in [0.1, 0.15) is 4.90 Å². The van der Waals surface area contributed by atoms with Crippen LogP contribution < -0.4 is 0 Å². The van der Waals surface area contributed by atoms with Crippen molar-refractivity contribution >= 4 is 68.2 Å². The number of hydrogen-bond donors (Lipinski definition) is 3. The zero-order valence-electron chi connectivity index (χ0n) is 16.0. The Morgan fingerprint density at radius 3 is 1.85 bits per heavy atom. The summed E-state index contributed by atoms with van der Waals surface area (Å²) in [5.74, 6) is 0. The average Bonchev–Trinajstić information content (AvgIpc) is 2.69. The van der Waals surface area contributed by atoms with E-state index in [1.54, 1.807) is 12.1 Å². The molecule has 4 aromatic rings. The van der Waals surface area contributed by atoms with Crippen molar-refractivity contribution in [3.8, 4) is 11.1 Å². The van der Waals surface area contributed by atoms with Crippen LogP contribution in [0.2, 0.25) is 0 Å². The van der Waals surface area contributed by atoms with Gasteiger partial charge in [-0.3, -0.25) is 13.7 Å². The number of hydrogen-bond acceptors (Lipinski definition) is 6. The predicted molar refractivity (Wildman–Crippen MR) is 121 cm³/mol. The minimum absolute atomic E-state index is 0.0458. The van der Waals surface area contributed by atoms with E-state index >= 15 is 0 Å². The molecule has 1 heterocycles. The summed E-state index contributed by atoms with van der Waals surface area (Å²) in [7, 11) is -14.5. The highest BCUT2D eigenvalue weighted by atomic mass is 79.9. The minimum atomic E-state index is -5.03. The molecule has 14 heteroatoms. The van der Waals surface area contributed by atoms with Crippen LogP contribution in [0, 0.1) is 0 Å². The van der Waals surface area contributed by atoms with Gasteiger partial charge in [0.25, 0.3) is 30.4 Å². The first-order valence-corrected chi connectivity index (χ1v) is 13.8. The SMILES string of the molecule is O=S(=O)(O)c1ccc(-c2c3ccc(Br)cc3[o+]c3ccc(S(=O)(=O)O)cc23)c(S(=O)(=O)O)c1. The normalized spacial score (nSPS) is 13.0. The lowest BCUT2D eigenvalue weighted by molar-refractivity contribution is 0.479. The number of halogens is 1. The van der Waals surface area contributed by atoms with Crippen LogP contribution in [-0.4, -0.2) is 38.9 Å². The van der Waals surface area contributed by atoms with Gasteiger partial charge in [0.05, 0.1) is 26.6 Å². The minimum Gasteiger partial charge on any atom is -0.282 e. The lowest BCUT2D eigenvalue weighted by Gasteiger charge is -2.11. The van der Waals surface area contributed by atoms with Gasteiger partial charge in [-0.2, -0.15) is 25.3 Å². The highest BCUT2D eigenvalue weighted by Gasteiger charge is 2.28. The van der Waals surface area contributed by atoms with Crippen molar-refractivity contribution in [2.75, 3.05) is 0 Å². The van der Waals surface area contributed by atoms with Gasteiger partial charge >= 0.3 is 11.2 Å². The van der Waals surface area contributed by atoms with Gasteiger partial charge in [-0.1, -0.05) is 22.0 Å². The molecule has 0 amide bonds. The lowest BCUT2D eigenvalue weighted by atomic mass is 9.97. The molecule has 3 aromatic carbocycles. The van der Waals surface area contributed by atoms with Crippen LogP contribution in [0.25, 0.3) is 33.1 Å². The fourth-order valence-corrected chi connectivity index (χ4v) is 5.53. The van der Waals surface area contributed by atoms with Crippen LogP contribution >= 0.6 is 15.9 Å². The summed E-state index contributed by atoms with van der Waals surface area (Å²) in [6, 6.07) is 10.6. The molecule has 0 atom stereocenters. The van der Waals surface area contributed by atoms with Gasteiger partial charge in [0.15, 0.2) is 0 Å². The topological polar surface area (TPSA) is 174 Å². The Balaban J connectivity index is 2.26. The first kappa shape index (κ1) is 23.7. The molecule has 0 saturated heterocycles. The summed E-state index contributed by atoms with van der Waals surface area (Å²) in [4.78, 5) is -2.15. The molecular weight excluding hydrogens is 564 g/mol. The maximum Gasteiger partial charge on any atom is 0.362 e. The maximum absolute atomic E-state index is 12.2. The third kappa shape index (κ3) is 4.50. The third-order valence-electron chi connectivity index (χ3n) is 4.75. The number of fused-ring (bicyclic) bond motifs is 2. The molecule has 172 valence electrons. The molecule has 0 aliphatic carbocycles. The first-order valence-electron chi connectivity index (χ1n) is 8.72. The molecule has 0 aliphatic rings. The first-order chi connectivity index (χ1) is 15.2. The van der Waals surface area contributed by atoms with E-state index in [4.69, 9.17) is 4.42 Å². The molecular formula is C19H12BrO10S3+. The summed E-state index contributed by atoms with van der Waals surface area (Å²) in [6.07, 6.45) is 0. The molecule has 0 bridgehead atoms. The summed E-state index contributed by atoms with van der Waals surface area (Å²) >= 11 is 3.29. The zero-order valence-corrected chi connectivity index (χ0v) is 20.0. The van der Waals surface area contributed by atoms with Gasteiger partial charge in [-0.15, -0.1) is 0 Å². The molecule has 0 spiro atoms. The van der Waals surface area contributed by atoms with Crippen molar-refractivity contribution in [1.82, 2.24) is 0 Å². The summed E-state index contributed by atoms with van der Waals surface area (Å²) in [5, 5.41) is 0.326. The van der Waals surface area contributed by atoms with Gasteiger partial charge in [0.2, 0.25) is 0 Å². The van der Waals surface area contributed by atoms with Crippen LogP contribution in [0.1, 0.15) is 0 Å². The van der Waals surface area contributed by atoms with Crippen molar-refractivity contribution in [2.24, 2.45) is 0 Å². The standard InChI is InChI=1S/C19H11BrO10S3/c20-10-1-4-13-17(7-10)30-16-6-3-11(31(21,22)23)8-15(16)19(13)14-5-2-12(32(24,25)26)9-18(14)33(27,28)29/h1-9H,(H2-,21,22,23,24,25,26,27,28,29)/p+1. The fourth-order valence-electron chi connectivity index (χ4n) is 3.38. The summed E-state index contributed by atoms with van der Waals surface area (Å²) < 4.78 is 106. The summed E-state index contributed by atoms with van der Waals surface area (Å²) in [6.45, 7) is 0. The monoisotopic (exact) mass is 575 g/mol. The van der Waals surface area contributed by atoms with E-state index in [1.165, 1.54) is 12.1 Å². The second kappa shape index (κ2) is 7.80. The van der Waals surface area contributed by atoms with Crippen LogP contribution in [0.5, 0.6) is 0 Å². The highest BCUT2D eigenvalue weighted by molar-refractivity contribution is 9.10. The summed E-state index contributed by atoms with van der Waals surface area (Å²) in [5.41, 5.74) is 0.207. The molecule has 0 fully saturated rings. The molecule has 10 nitrogen and oxygen atoms in total. The Hall–Kier alpha value is -2.46. The largest absolute Gasteiger partial charge is 0.362 e. The molecule has 0 saturated carbocycles. The number of benzene rings is 3. The van der Waals surface area contributed by atoms with Crippen molar-refractivity contribution < 1.29 is 43.3 Å². The fraction of sp³-hybridized carbons (Fsp3) is 0. The second-order valence-corrected chi connectivity index (χ2v) is 12.0. The zero-order chi connectivity index (χ0) is 24.3. The molecule has 33 heavy (non-hydrogen) atoms. The van der Waals surface area contributed by atoms with Crippen LogP contribution in [-0.2, 0) is 30.4 Å².